The van der Waals surface area contributed by atoms with Gasteiger partial charge in [0.15, 0.2) is 11.5 Å². The summed E-state index contributed by atoms with van der Waals surface area (Å²) in [6.45, 7) is 7.35. The van der Waals surface area contributed by atoms with E-state index in [1.54, 1.807) is 31.2 Å². The molecule has 0 atom stereocenters. The van der Waals surface area contributed by atoms with E-state index in [0.29, 0.717) is 35.7 Å². The van der Waals surface area contributed by atoms with Crippen molar-refractivity contribution in [3.05, 3.63) is 59.8 Å². The van der Waals surface area contributed by atoms with Crippen molar-refractivity contribution in [2.24, 2.45) is 0 Å². The maximum atomic E-state index is 13.2. The number of esters is 1. The quantitative estimate of drug-likeness (QED) is 0.614. The largest absolute Gasteiger partial charge is 0.462 e. The molecule has 7 heteroatoms. The molecule has 0 aliphatic heterocycles. The van der Waals surface area contributed by atoms with Crippen LogP contribution in [-0.4, -0.2) is 41.5 Å². The van der Waals surface area contributed by atoms with Crippen LogP contribution in [0.3, 0.4) is 0 Å². The second-order valence-corrected chi connectivity index (χ2v) is 6.28. The Bertz CT molecular complexity index is 1030. The second kappa shape index (κ2) is 9.14. The highest BCUT2D eigenvalue weighted by Crippen LogP contribution is 2.23. The number of fused-ring (bicyclic) bond motifs is 1. The van der Waals surface area contributed by atoms with Crippen molar-refractivity contribution in [2.45, 2.75) is 20.8 Å². The molecule has 1 amide bonds. The molecule has 1 N–H and O–H groups in total. The lowest BCUT2D eigenvalue weighted by Gasteiger charge is -2.22. The second-order valence-electron chi connectivity index (χ2n) is 6.28. The smallest absolute Gasteiger partial charge is 0.340 e. The standard InChI is InChI=1S/C22H24N4O3/c1-4-26(5-2)20-19(23-17-13-9-10-14-18(17)24-20)21(27)25-16-12-8-7-11-15(16)22(28)29-6-3/h7-14H,4-6H2,1-3H3,(H,25,27). The van der Waals surface area contributed by atoms with Gasteiger partial charge < -0.3 is 15.0 Å². The molecule has 3 rings (SSSR count). The summed E-state index contributed by atoms with van der Waals surface area (Å²) in [7, 11) is 0. The molecule has 150 valence electrons. The minimum Gasteiger partial charge on any atom is -0.462 e. The number of ether oxygens (including phenoxy) is 1. The van der Waals surface area contributed by atoms with Gasteiger partial charge in [-0.3, -0.25) is 4.79 Å². The number of hydrogen-bond acceptors (Lipinski definition) is 6. The van der Waals surface area contributed by atoms with Crippen LogP contribution >= 0.6 is 0 Å². The van der Waals surface area contributed by atoms with E-state index in [4.69, 9.17) is 4.74 Å². The highest BCUT2D eigenvalue weighted by Gasteiger charge is 2.22. The van der Waals surface area contributed by atoms with Gasteiger partial charge in [0, 0.05) is 13.1 Å². The minimum atomic E-state index is -0.489. The van der Waals surface area contributed by atoms with Crippen LogP contribution in [0.15, 0.2) is 48.5 Å². The zero-order valence-corrected chi connectivity index (χ0v) is 16.8. The Balaban J connectivity index is 2.03. The van der Waals surface area contributed by atoms with Crippen molar-refractivity contribution in [1.82, 2.24) is 9.97 Å². The van der Waals surface area contributed by atoms with E-state index >= 15 is 0 Å². The van der Waals surface area contributed by atoms with Crippen molar-refractivity contribution in [1.29, 1.82) is 0 Å². The fraction of sp³-hybridized carbons (Fsp3) is 0.273. The highest BCUT2D eigenvalue weighted by atomic mass is 16.5. The van der Waals surface area contributed by atoms with Crippen LogP contribution in [0.5, 0.6) is 0 Å². The summed E-state index contributed by atoms with van der Waals surface area (Å²) in [6.07, 6.45) is 0. The number of hydrogen-bond donors (Lipinski definition) is 1. The normalized spacial score (nSPS) is 10.6. The zero-order valence-electron chi connectivity index (χ0n) is 16.8. The number of rotatable bonds is 7. The molecule has 3 aromatic rings. The molecule has 0 aliphatic rings. The van der Waals surface area contributed by atoms with Gasteiger partial charge in [0.1, 0.15) is 0 Å². The van der Waals surface area contributed by atoms with Crippen LogP contribution in [0, 0.1) is 0 Å². The summed E-state index contributed by atoms with van der Waals surface area (Å²) in [6, 6.07) is 14.2. The van der Waals surface area contributed by atoms with E-state index in [9.17, 15) is 9.59 Å². The van der Waals surface area contributed by atoms with Gasteiger partial charge in [0.2, 0.25) is 0 Å². The molecule has 0 saturated heterocycles. The lowest BCUT2D eigenvalue weighted by Crippen LogP contribution is -2.28. The maximum absolute atomic E-state index is 13.2. The Morgan fingerprint density at radius 2 is 1.55 bits per heavy atom. The number of nitrogens with zero attached hydrogens (tertiary/aromatic N) is 3. The number of benzene rings is 2. The van der Waals surface area contributed by atoms with Crippen molar-refractivity contribution in [3.8, 4) is 0 Å². The van der Waals surface area contributed by atoms with E-state index in [2.05, 4.69) is 15.3 Å². The van der Waals surface area contributed by atoms with Gasteiger partial charge in [0.05, 0.1) is 28.9 Å². The molecule has 29 heavy (non-hydrogen) atoms. The van der Waals surface area contributed by atoms with Crippen molar-refractivity contribution >= 4 is 34.4 Å². The van der Waals surface area contributed by atoms with Crippen molar-refractivity contribution < 1.29 is 14.3 Å². The first-order chi connectivity index (χ1) is 14.1. The first kappa shape index (κ1) is 20.3. The zero-order chi connectivity index (χ0) is 20.8. The maximum Gasteiger partial charge on any atom is 0.340 e. The fourth-order valence-corrected chi connectivity index (χ4v) is 3.05. The molecule has 0 bridgehead atoms. The van der Waals surface area contributed by atoms with E-state index in [-0.39, 0.29) is 12.3 Å². The molecule has 0 aliphatic carbocycles. The summed E-state index contributed by atoms with van der Waals surface area (Å²) in [5.74, 6) is -0.404. The number of carbonyl (C=O) groups excluding carboxylic acids is 2. The van der Waals surface area contributed by atoms with E-state index in [0.717, 1.165) is 5.52 Å². The molecule has 0 fully saturated rings. The first-order valence-electron chi connectivity index (χ1n) is 9.68. The molecule has 1 heterocycles. The van der Waals surface area contributed by atoms with Gasteiger partial charge in [0.25, 0.3) is 5.91 Å². The molecule has 0 radical (unpaired) electrons. The third-order valence-corrected chi connectivity index (χ3v) is 4.50. The average Bonchev–Trinajstić information content (AvgIpc) is 2.74. The lowest BCUT2D eigenvalue weighted by atomic mass is 10.1. The Morgan fingerprint density at radius 1 is 0.931 bits per heavy atom. The summed E-state index contributed by atoms with van der Waals surface area (Å²) in [5, 5.41) is 2.81. The van der Waals surface area contributed by atoms with Crippen molar-refractivity contribution in [3.63, 3.8) is 0 Å². The van der Waals surface area contributed by atoms with Crippen LogP contribution in [0.25, 0.3) is 11.0 Å². The van der Waals surface area contributed by atoms with E-state index < -0.39 is 11.9 Å². The van der Waals surface area contributed by atoms with Gasteiger partial charge in [-0.1, -0.05) is 24.3 Å². The number of aromatic nitrogens is 2. The van der Waals surface area contributed by atoms with Gasteiger partial charge >= 0.3 is 5.97 Å². The Hall–Kier alpha value is -3.48. The van der Waals surface area contributed by atoms with Gasteiger partial charge in [-0.05, 0) is 45.0 Å². The van der Waals surface area contributed by atoms with Crippen LogP contribution in [0.2, 0.25) is 0 Å². The minimum absolute atomic E-state index is 0.214. The Kier molecular flexibility index (Phi) is 6.39. The topological polar surface area (TPSA) is 84.4 Å². The Labute approximate surface area is 169 Å². The van der Waals surface area contributed by atoms with Crippen LogP contribution < -0.4 is 10.2 Å². The number of para-hydroxylation sites is 3. The van der Waals surface area contributed by atoms with E-state index in [1.807, 2.05) is 43.0 Å². The van der Waals surface area contributed by atoms with Crippen LogP contribution in [0.4, 0.5) is 11.5 Å². The molecule has 2 aromatic carbocycles. The monoisotopic (exact) mass is 392 g/mol. The SMILES string of the molecule is CCOC(=O)c1ccccc1NC(=O)c1nc2ccccc2nc1N(CC)CC. The third kappa shape index (κ3) is 4.34. The first-order valence-corrected chi connectivity index (χ1v) is 9.68. The van der Waals surface area contributed by atoms with Crippen LogP contribution in [-0.2, 0) is 4.74 Å². The molecule has 0 spiro atoms. The third-order valence-electron chi connectivity index (χ3n) is 4.50. The summed E-state index contributed by atoms with van der Waals surface area (Å²) < 4.78 is 5.08. The molecule has 0 unspecified atom stereocenters. The van der Waals surface area contributed by atoms with Gasteiger partial charge in [-0.15, -0.1) is 0 Å². The number of amides is 1. The highest BCUT2D eigenvalue weighted by molar-refractivity contribution is 6.10. The molecular weight excluding hydrogens is 368 g/mol. The summed E-state index contributed by atoms with van der Waals surface area (Å²) in [5.41, 5.74) is 2.23. The Morgan fingerprint density at radius 3 is 2.21 bits per heavy atom. The lowest BCUT2D eigenvalue weighted by molar-refractivity contribution is 0.0527. The summed E-state index contributed by atoms with van der Waals surface area (Å²) >= 11 is 0. The fourth-order valence-electron chi connectivity index (χ4n) is 3.05. The van der Waals surface area contributed by atoms with Gasteiger partial charge in [-0.25, -0.2) is 14.8 Å². The summed E-state index contributed by atoms with van der Waals surface area (Å²) in [4.78, 5) is 36.6. The van der Waals surface area contributed by atoms with E-state index in [1.165, 1.54) is 0 Å². The molecular formula is C22H24N4O3. The number of anilines is 2. The molecule has 0 saturated carbocycles. The molecule has 1 aromatic heterocycles. The number of nitrogens with one attached hydrogen (secondary N) is 1. The average molecular weight is 392 g/mol. The molecule has 7 nitrogen and oxygen atoms in total. The predicted molar refractivity (Wildman–Crippen MR) is 113 cm³/mol. The van der Waals surface area contributed by atoms with Gasteiger partial charge in [-0.2, -0.15) is 0 Å². The van der Waals surface area contributed by atoms with Crippen molar-refractivity contribution in [2.75, 3.05) is 29.9 Å². The van der Waals surface area contributed by atoms with Crippen LogP contribution in [0.1, 0.15) is 41.6 Å². The predicted octanol–water partition coefficient (Wildman–Crippen LogP) is 3.91. The number of carbonyl (C=O) groups is 2.